The lowest BCUT2D eigenvalue weighted by Gasteiger charge is -2.24. The number of amides is 1. The Morgan fingerprint density at radius 3 is 2.40 bits per heavy atom. The zero-order valence-electron chi connectivity index (χ0n) is 11.8. The van der Waals surface area contributed by atoms with Crippen LogP contribution in [0.4, 0.5) is 0 Å². The van der Waals surface area contributed by atoms with Gasteiger partial charge in [0.05, 0.1) is 5.92 Å². The Morgan fingerprint density at radius 1 is 1.20 bits per heavy atom. The number of hydrogen-bond acceptors (Lipinski definition) is 2. The molecular formula is C16H19NO3. The van der Waals surface area contributed by atoms with Crippen LogP contribution in [0.3, 0.4) is 0 Å². The highest BCUT2D eigenvalue weighted by Gasteiger charge is 2.51. The number of carbonyl (C=O) groups excluding carboxylic acids is 1. The minimum atomic E-state index is -0.767. The van der Waals surface area contributed by atoms with Crippen molar-refractivity contribution >= 4 is 11.9 Å². The van der Waals surface area contributed by atoms with Crippen molar-refractivity contribution in [3.05, 3.63) is 34.9 Å². The molecule has 0 saturated carbocycles. The van der Waals surface area contributed by atoms with Crippen molar-refractivity contribution in [3.63, 3.8) is 0 Å². The Kier molecular flexibility index (Phi) is 3.04. The predicted octanol–water partition coefficient (Wildman–Crippen LogP) is 2.38. The van der Waals surface area contributed by atoms with Gasteiger partial charge in [-0.05, 0) is 44.2 Å². The van der Waals surface area contributed by atoms with Crippen LogP contribution in [-0.4, -0.2) is 34.0 Å². The zero-order chi connectivity index (χ0) is 14.4. The molecule has 3 unspecified atom stereocenters. The first-order valence-electron chi connectivity index (χ1n) is 7.12. The zero-order valence-corrected chi connectivity index (χ0v) is 11.8. The average Bonchev–Trinajstić information content (AvgIpc) is 2.95. The molecule has 0 aliphatic carbocycles. The van der Waals surface area contributed by atoms with Crippen molar-refractivity contribution in [2.75, 3.05) is 0 Å². The molecule has 2 saturated heterocycles. The van der Waals surface area contributed by atoms with E-state index in [0.717, 1.165) is 29.5 Å². The van der Waals surface area contributed by atoms with Crippen LogP contribution in [0.25, 0.3) is 0 Å². The fraction of sp³-hybridized carbons (Fsp3) is 0.500. The van der Waals surface area contributed by atoms with Gasteiger partial charge in [0.1, 0.15) is 0 Å². The Balaban J connectivity index is 1.94. The van der Waals surface area contributed by atoms with E-state index in [1.807, 2.05) is 36.9 Å². The molecule has 1 amide bonds. The summed E-state index contributed by atoms with van der Waals surface area (Å²) in [6.07, 6.45) is 2.36. The number of hydrogen-bond donors (Lipinski definition) is 1. The van der Waals surface area contributed by atoms with Gasteiger partial charge >= 0.3 is 5.97 Å². The van der Waals surface area contributed by atoms with Crippen LogP contribution < -0.4 is 0 Å². The van der Waals surface area contributed by atoms with E-state index in [2.05, 4.69) is 0 Å². The van der Waals surface area contributed by atoms with E-state index < -0.39 is 5.97 Å². The fourth-order valence-corrected chi connectivity index (χ4v) is 3.85. The summed E-state index contributed by atoms with van der Waals surface area (Å²) in [6.45, 7) is 3.87. The van der Waals surface area contributed by atoms with E-state index in [1.165, 1.54) is 0 Å². The Bertz CT molecular complexity index is 561. The van der Waals surface area contributed by atoms with E-state index in [9.17, 15) is 14.7 Å². The molecule has 0 spiro atoms. The van der Waals surface area contributed by atoms with Crippen LogP contribution >= 0.6 is 0 Å². The second-order valence-electron chi connectivity index (χ2n) is 5.96. The largest absolute Gasteiger partial charge is 0.481 e. The topological polar surface area (TPSA) is 57.6 Å². The first-order chi connectivity index (χ1) is 9.50. The number of fused-ring (bicyclic) bond motifs is 2. The highest BCUT2D eigenvalue weighted by molar-refractivity contribution is 5.98. The van der Waals surface area contributed by atoms with Gasteiger partial charge in [-0.25, -0.2) is 0 Å². The normalized spacial score (nSPS) is 27.9. The number of nitrogens with zero attached hydrogens (tertiary/aromatic N) is 1. The maximum atomic E-state index is 12.9. The molecule has 4 heteroatoms. The highest BCUT2D eigenvalue weighted by Crippen LogP contribution is 2.43. The van der Waals surface area contributed by atoms with Gasteiger partial charge < -0.3 is 10.0 Å². The molecule has 1 N–H and O–H groups in total. The summed E-state index contributed by atoms with van der Waals surface area (Å²) in [6, 6.07) is 5.80. The van der Waals surface area contributed by atoms with Crippen molar-refractivity contribution in [3.8, 4) is 0 Å². The van der Waals surface area contributed by atoms with Crippen molar-refractivity contribution < 1.29 is 14.7 Å². The molecular weight excluding hydrogens is 254 g/mol. The number of benzene rings is 1. The maximum Gasteiger partial charge on any atom is 0.308 e. The Morgan fingerprint density at radius 2 is 1.85 bits per heavy atom. The van der Waals surface area contributed by atoms with Crippen LogP contribution in [-0.2, 0) is 4.79 Å². The molecule has 1 aromatic rings. The first kappa shape index (κ1) is 13.2. The molecule has 2 bridgehead atoms. The van der Waals surface area contributed by atoms with Crippen molar-refractivity contribution in [1.29, 1.82) is 0 Å². The lowest BCUT2D eigenvalue weighted by molar-refractivity contribution is -0.142. The number of rotatable bonds is 2. The third kappa shape index (κ3) is 1.82. The molecule has 1 aromatic carbocycles. The molecule has 4 nitrogen and oxygen atoms in total. The highest BCUT2D eigenvalue weighted by atomic mass is 16.4. The van der Waals surface area contributed by atoms with Crippen LogP contribution in [0.1, 0.15) is 40.7 Å². The Labute approximate surface area is 118 Å². The van der Waals surface area contributed by atoms with Crippen LogP contribution in [0.5, 0.6) is 0 Å². The number of carboxylic acids is 1. The second-order valence-corrected chi connectivity index (χ2v) is 5.96. The van der Waals surface area contributed by atoms with Gasteiger partial charge in [0.15, 0.2) is 0 Å². The summed E-state index contributed by atoms with van der Waals surface area (Å²) in [7, 11) is 0. The summed E-state index contributed by atoms with van der Waals surface area (Å²) in [5, 5.41) is 9.28. The van der Waals surface area contributed by atoms with Gasteiger partial charge in [0.25, 0.3) is 5.91 Å². The second kappa shape index (κ2) is 4.62. The third-order valence-electron chi connectivity index (χ3n) is 4.78. The Hall–Kier alpha value is -1.84. The van der Waals surface area contributed by atoms with Crippen molar-refractivity contribution in [1.82, 2.24) is 4.90 Å². The molecule has 2 aliphatic rings. The summed E-state index contributed by atoms with van der Waals surface area (Å²) < 4.78 is 0. The van der Waals surface area contributed by atoms with Crippen LogP contribution in [0.2, 0.25) is 0 Å². The molecule has 2 heterocycles. The van der Waals surface area contributed by atoms with Crippen LogP contribution in [0.15, 0.2) is 18.2 Å². The van der Waals surface area contributed by atoms with E-state index >= 15 is 0 Å². The molecule has 0 aromatic heterocycles. The molecule has 2 fully saturated rings. The molecule has 2 aliphatic heterocycles. The molecule has 106 valence electrons. The van der Waals surface area contributed by atoms with E-state index in [1.54, 1.807) is 0 Å². The maximum absolute atomic E-state index is 12.9. The lowest BCUT2D eigenvalue weighted by Crippen LogP contribution is -2.38. The summed E-state index contributed by atoms with van der Waals surface area (Å²) in [5.74, 6) is -1.14. The van der Waals surface area contributed by atoms with Crippen LogP contribution in [0, 0.1) is 19.8 Å². The lowest BCUT2D eigenvalue weighted by atomic mass is 9.89. The van der Waals surface area contributed by atoms with E-state index in [4.69, 9.17) is 0 Å². The third-order valence-corrected chi connectivity index (χ3v) is 4.78. The monoisotopic (exact) mass is 273 g/mol. The van der Waals surface area contributed by atoms with Gasteiger partial charge in [0, 0.05) is 17.6 Å². The van der Waals surface area contributed by atoms with Gasteiger partial charge in [-0.15, -0.1) is 0 Å². The molecule has 20 heavy (non-hydrogen) atoms. The molecule has 3 rings (SSSR count). The van der Waals surface area contributed by atoms with Gasteiger partial charge in [-0.2, -0.15) is 0 Å². The first-order valence-corrected chi connectivity index (χ1v) is 7.12. The van der Waals surface area contributed by atoms with E-state index in [-0.39, 0.29) is 23.9 Å². The number of carbonyl (C=O) groups is 2. The smallest absolute Gasteiger partial charge is 0.308 e. The quantitative estimate of drug-likeness (QED) is 0.900. The van der Waals surface area contributed by atoms with Crippen molar-refractivity contribution in [2.24, 2.45) is 5.92 Å². The molecule has 3 atom stereocenters. The predicted molar refractivity (Wildman–Crippen MR) is 74.6 cm³/mol. The van der Waals surface area contributed by atoms with Gasteiger partial charge in [-0.3, -0.25) is 9.59 Å². The number of aryl methyl sites for hydroxylation is 2. The summed E-state index contributed by atoms with van der Waals surface area (Å²) in [4.78, 5) is 26.0. The fourth-order valence-electron chi connectivity index (χ4n) is 3.85. The average molecular weight is 273 g/mol. The number of aliphatic carboxylic acids is 1. The summed E-state index contributed by atoms with van der Waals surface area (Å²) in [5.41, 5.74) is 2.68. The molecule has 0 radical (unpaired) electrons. The van der Waals surface area contributed by atoms with E-state index in [0.29, 0.717) is 6.42 Å². The minimum absolute atomic E-state index is 0.0110. The van der Waals surface area contributed by atoms with Gasteiger partial charge in [0.2, 0.25) is 0 Å². The van der Waals surface area contributed by atoms with Crippen molar-refractivity contribution in [2.45, 2.75) is 45.2 Å². The minimum Gasteiger partial charge on any atom is -0.481 e. The van der Waals surface area contributed by atoms with Gasteiger partial charge in [-0.1, -0.05) is 18.2 Å². The standard InChI is InChI=1S/C16H19NO3/c1-9-4-3-5-10(2)14(9)15(18)17-11-6-7-13(17)12(8-11)16(19)20/h3-5,11-13H,6-8H2,1-2H3,(H,19,20). The number of carboxylic acid groups (broad SMARTS) is 1. The summed E-state index contributed by atoms with van der Waals surface area (Å²) >= 11 is 0. The SMILES string of the molecule is Cc1cccc(C)c1C(=O)N1C2CCC1C(C(=O)O)C2.